The standard InChI is InChI=1S/C23H22N2O5/c1-4-12-30-19-11-8-16(14-20(19)29-3)13-18-21(26)24-23(28)25(22(18)27)17-9-6-15(5-2)7-10-17/h4,6-11,13-14H,1,5,12H2,2-3H3,(H,24,26,28). The molecule has 7 nitrogen and oxygen atoms in total. The van der Waals surface area contributed by atoms with Crippen molar-refractivity contribution in [3.8, 4) is 11.5 Å². The molecule has 0 radical (unpaired) electrons. The number of imide groups is 2. The number of urea groups is 1. The van der Waals surface area contributed by atoms with E-state index in [1.54, 1.807) is 36.4 Å². The Morgan fingerprint density at radius 1 is 1.07 bits per heavy atom. The van der Waals surface area contributed by atoms with E-state index in [0.29, 0.717) is 29.4 Å². The van der Waals surface area contributed by atoms with Crippen LogP contribution in [0.15, 0.2) is 60.7 Å². The molecule has 0 saturated carbocycles. The van der Waals surface area contributed by atoms with Gasteiger partial charge in [-0.05, 0) is 47.9 Å². The number of barbiturate groups is 1. The zero-order chi connectivity index (χ0) is 21.7. The summed E-state index contributed by atoms with van der Waals surface area (Å²) in [5.74, 6) is -0.499. The van der Waals surface area contributed by atoms with Gasteiger partial charge in [-0.3, -0.25) is 14.9 Å². The lowest BCUT2D eigenvalue weighted by molar-refractivity contribution is -0.122. The van der Waals surface area contributed by atoms with Gasteiger partial charge in [0, 0.05) is 0 Å². The van der Waals surface area contributed by atoms with Gasteiger partial charge in [-0.25, -0.2) is 9.69 Å². The predicted molar refractivity (Wildman–Crippen MR) is 114 cm³/mol. The first-order valence-electron chi connectivity index (χ1n) is 9.40. The van der Waals surface area contributed by atoms with Crippen molar-refractivity contribution in [2.45, 2.75) is 13.3 Å². The van der Waals surface area contributed by atoms with Crippen LogP contribution in [-0.2, 0) is 16.0 Å². The van der Waals surface area contributed by atoms with Crippen molar-refractivity contribution in [3.05, 3.63) is 71.8 Å². The smallest absolute Gasteiger partial charge is 0.335 e. The Labute approximate surface area is 174 Å². The quantitative estimate of drug-likeness (QED) is 0.432. The number of rotatable bonds is 7. The molecule has 0 aromatic heterocycles. The second kappa shape index (κ2) is 9.09. The zero-order valence-corrected chi connectivity index (χ0v) is 16.8. The van der Waals surface area contributed by atoms with E-state index in [-0.39, 0.29) is 5.57 Å². The predicted octanol–water partition coefficient (Wildman–Crippen LogP) is 3.49. The number of carbonyl (C=O) groups excluding carboxylic acids is 3. The van der Waals surface area contributed by atoms with Crippen LogP contribution in [0.4, 0.5) is 10.5 Å². The van der Waals surface area contributed by atoms with Gasteiger partial charge in [0.15, 0.2) is 11.5 Å². The van der Waals surface area contributed by atoms with Crippen molar-refractivity contribution in [2.75, 3.05) is 18.6 Å². The second-order valence-electron chi connectivity index (χ2n) is 6.49. The molecule has 0 aliphatic carbocycles. The first kappa shape index (κ1) is 20.9. The molecular formula is C23H22N2O5. The van der Waals surface area contributed by atoms with E-state index in [9.17, 15) is 14.4 Å². The van der Waals surface area contributed by atoms with Crippen LogP contribution in [0.3, 0.4) is 0 Å². The number of methoxy groups -OCH3 is 1. The summed E-state index contributed by atoms with van der Waals surface area (Å²) < 4.78 is 10.8. The number of nitrogens with zero attached hydrogens (tertiary/aromatic N) is 1. The molecule has 30 heavy (non-hydrogen) atoms. The van der Waals surface area contributed by atoms with Crippen LogP contribution >= 0.6 is 0 Å². The summed E-state index contributed by atoms with van der Waals surface area (Å²) in [7, 11) is 1.49. The van der Waals surface area contributed by atoms with Crippen molar-refractivity contribution in [2.24, 2.45) is 0 Å². The largest absolute Gasteiger partial charge is 0.493 e. The number of nitrogens with one attached hydrogen (secondary N) is 1. The van der Waals surface area contributed by atoms with E-state index in [0.717, 1.165) is 16.9 Å². The molecule has 0 unspecified atom stereocenters. The number of hydrogen-bond donors (Lipinski definition) is 1. The SMILES string of the molecule is C=CCOc1ccc(C=C2C(=O)NC(=O)N(c3ccc(CC)cc3)C2=O)cc1OC. The van der Waals surface area contributed by atoms with E-state index < -0.39 is 17.8 Å². The Bertz CT molecular complexity index is 1020. The van der Waals surface area contributed by atoms with Gasteiger partial charge in [-0.1, -0.05) is 37.8 Å². The van der Waals surface area contributed by atoms with Crippen molar-refractivity contribution >= 4 is 29.6 Å². The molecule has 1 fully saturated rings. The molecule has 2 aromatic carbocycles. The fourth-order valence-electron chi connectivity index (χ4n) is 2.98. The van der Waals surface area contributed by atoms with Crippen LogP contribution < -0.4 is 19.7 Å². The molecule has 1 saturated heterocycles. The lowest BCUT2D eigenvalue weighted by Gasteiger charge is -2.26. The molecule has 0 bridgehead atoms. The van der Waals surface area contributed by atoms with Gasteiger partial charge in [-0.2, -0.15) is 0 Å². The monoisotopic (exact) mass is 406 g/mol. The topological polar surface area (TPSA) is 84.9 Å². The zero-order valence-electron chi connectivity index (χ0n) is 16.8. The van der Waals surface area contributed by atoms with Gasteiger partial charge in [-0.15, -0.1) is 0 Å². The lowest BCUT2D eigenvalue weighted by atomic mass is 10.1. The molecule has 0 atom stereocenters. The van der Waals surface area contributed by atoms with Crippen molar-refractivity contribution in [3.63, 3.8) is 0 Å². The van der Waals surface area contributed by atoms with Crippen molar-refractivity contribution in [1.29, 1.82) is 0 Å². The minimum atomic E-state index is -0.780. The maximum absolute atomic E-state index is 13.0. The highest BCUT2D eigenvalue weighted by molar-refractivity contribution is 6.39. The summed E-state index contributed by atoms with van der Waals surface area (Å²) in [4.78, 5) is 38.6. The van der Waals surface area contributed by atoms with Crippen LogP contribution in [0.5, 0.6) is 11.5 Å². The summed E-state index contributed by atoms with van der Waals surface area (Å²) in [6.07, 6.45) is 3.86. The van der Waals surface area contributed by atoms with Crippen LogP contribution in [0.1, 0.15) is 18.1 Å². The van der Waals surface area contributed by atoms with Gasteiger partial charge in [0.1, 0.15) is 12.2 Å². The number of hydrogen-bond acceptors (Lipinski definition) is 5. The minimum Gasteiger partial charge on any atom is -0.493 e. The van der Waals surface area contributed by atoms with Gasteiger partial charge < -0.3 is 9.47 Å². The molecule has 1 N–H and O–H groups in total. The number of carbonyl (C=O) groups is 3. The Hall–Kier alpha value is -3.87. The van der Waals surface area contributed by atoms with Crippen LogP contribution in [0, 0.1) is 0 Å². The van der Waals surface area contributed by atoms with Gasteiger partial charge in [0.2, 0.25) is 0 Å². The number of aryl methyl sites for hydroxylation is 1. The fourth-order valence-corrected chi connectivity index (χ4v) is 2.98. The molecule has 3 rings (SSSR count). The fraction of sp³-hybridized carbons (Fsp3) is 0.174. The number of benzene rings is 2. The van der Waals surface area contributed by atoms with Crippen LogP contribution in [0.25, 0.3) is 6.08 Å². The van der Waals surface area contributed by atoms with E-state index >= 15 is 0 Å². The van der Waals surface area contributed by atoms with Crippen molar-refractivity contribution < 1.29 is 23.9 Å². The third-order valence-corrected chi connectivity index (χ3v) is 4.56. The van der Waals surface area contributed by atoms with Gasteiger partial charge in [0.25, 0.3) is 11.8 Å². The summed E-state index contributed by atoms with van der Waals surface area (Å²) >= 11 is 0. The first-order valence-corrected chi connectivity index (χ1v) is 9.40. The second-order valence-corrected chi connectivity index (χ2v) is 6.49. The molecule has 1 aliphatic heterocycles. The molecule has 154 valence electrons. The molecule has 1 aliphatic rings. The maximum atomic E-state index is 13.0. The van der Waals surface area contributed by atoms with E-state index in [4.69, 9.17) is 9.47 Å². The summed E-state index contributed by atoms with van der Waals surface area (Å²) in [5, 5.41) is 2.22. The number of amides is 4. The molecule has 1 heterocycles. The lowest BCUT2D eigenvalue weighted by Crippen LogP contribution is -2.54. The Morgan fingerprint density at radius 2 is 1.80 bits per heavy atom. The molecule has 0 spiro atoms. The normalized spacial score (nSPS) is 15.2. The number of anilines is 1. The van der Waals surface area contributed by atoms with E-state index in [1.165, 1.54) is 13.2 Å². The first-order chi connectivity index (χ1) is 14.5. The van der Waals surface area contributed by atoms with Gasteiger partial charge in [0.05, 0.1) is 12.8 Å². The highest BCUT2D eigenvalue weighted by Gasteiger charge is 2.36. The average molecular weight is 406 g/mol. The third kappa shape index (κ3) is 4.25. The van der Waals surface area contributed by atoms with Crippen molar-refractivity contribution in [1.82, 2.24) is 5.32 Å². The summed E-state index contributed by atoms with van der Waals surface area (Å²) in [6.45, 7) is 5.92. The highest BCUT2D eigenvalue weighted by Crippen LogP contribution is 2.30. The summed E-state index contributed by atoms with van der Waals surface area (Å²) in [6, 6.07) is 11.2. The molecular weight excluding hydrogens is 384 g/mol. The molecule has 7 heteroatoms. The molecule has 4 amide bonds. The maximum Gasteiger partial charge on any atom is 0.335 e. The average Bonchev–Trinajstić information content (AvgIpc) is 2.75. The Kier molecular flexibility index (Phi) is 6.32. The van der Waals surface area contributed by atoms with Gasteiger partial charge >= 0.3 is 6.03 Å². The third-order valence-electron chi connectivity index (χ3n) is 4.56. The highest BCUT2D eigenvalue weighted by atomic mass is 16.5. The Morgan fingerprint density at radius 3 is 2.43 bits per heavy atom. The molecule has 2 aromatic rings. The van der Waals surface area contributed by atoms with E-state index in [2.05, 4.69) is 11.9 Å². The van der Waals surface area contributed by atoms with E-state index in [1.807, 2.05) is 19.1 Å². The summed E-state index contributed by atoms with van der Waals surface area (Å²) in [5.41, 5.74) is 1.85. The minimum absolute atomic E-state index is 0.156. The Balaban J connectivity index is 1.94. The number of ether oxygens (including phenoxy) is 2. The van der Waals surface area contributed by atoms with Crippen LogP contribution in [0.2, 0.25) is 0 Å². The van der Waals surface area contributed by atoms with Crippen LogP contribution in [-0.4, -0.2) is 31.6 Å².